The van der Waals surface area contributed by atoms with Gasteiger partial charge in [0.1, 0.15) is 13.2 Å². The molecule has 0 aromatic heterocycles. The highest BCUT2D eigenvalue weighted by Crippen LogP contribution is 2.27. The molecule has 0 aliphatic carbocycles. The van der Waals surface area contributed by atoms with Crippen molar-refractivity contribution in [3.8, 4) is 11.1 Å². The van der Waals surface area contributed by atoms with Crippen molar-refractivity contribution in [3.05, 3.63) is 54.6 Å². The Morgan fingerprint density at radius 1 is 1.20 bits per heavy atom. The van der Waals surface area contributed by atoms with Gasteiger partial charge in [-0.25, -0.2) is 8.42 Å². The molecule has 0 radical (unpaired) electrons. The summed E-state index contributed by atoms with van der Waals surface area (Å²) in [6, 6.07) is 15.2. The summed E-state index contributed by atoms with van der Waals surface area (Å²) in [5.74, 6) is -0.485. The van der Waals surface area contributed by atoms with E-state index < -0.39 is 28.1 Å². The first-order valence-electron chi connectivity index (χ1n) is 9.55. The zero-order valence-electron chi connectivity index (χ0n) is 16.9. The smallest absolute Gasteiger partial charge is 0.244 e. The largest absolute Gasteiger partial charge is 0.399 e. The number of oxime groups is 1. The van der Waals surface area contributed by atoms with Gasteiger partial charge in [-0.05, 0) is 30.2 Å². The Morgan fingerprint density at radius 2 is 1.83 bits per heavy atom. The third-order valence-electron chi connectivity index (χ3n) is 4.78. The average molecular weight is 432 g/mol. The summed E-state index contributed by atoms with van der Waals surface area (Å²) >= 11 is 0. The van der Waals surface area contributed by atoms with Gasteiger partial charge in [0, 0.05) is 13.0 Å². The lowest BCUT2D eigenvalue weighted by atomic mass is 10.1. The minimum absolute atomic E-state index is 0.0335. The molecule has 9 heteroatoms. The molecule has 160 valence electrons. The first kappa shape index (κ1) is 21.9. The zero-order valence-corrected chi connectivity index (χ0v) is 17.7. The number of nitrogens with zero attached hydrogens (tertiary/aromatic N) is 2. The maximum atomic E-state index is 13.3. The van der Waals surface area contributed by atoms with Gasteiger partial charge >= 0.3 is 0 Å². The second kappa shape index (κ2) is 9.38. The molecule has 2 aromatic rings. The van der Waals surface area contributed by atoms with E-state index in [1.165, 1.54) is 26.2 Å². The Kier molecular flexibility index (Phi) is 6.86. The second-order valence-corrected chi connectivity index (χ2v) is 8.99. The molecule has 1 heterocycles. The van der Waals surface area contributed by atoms with E-state index in [1.54, 1.807) is 12.1 Å². The van der Waals surface area contributed by atoms with Gasteiger partial charge in [0.05, 0.1) is 23.3 Å². The highest BCUT2D eigenvalue weighted by atomic mass is 32.2. The van der Waals surface area contributed by atoms with Gasteiger partial charge in [0.15, 0.2) is 0 Å². The van der Waals surface area contributed by atoms with Crippen LogP contribution >= 0.6 is 0 Å². The molecule has 1 amide bonds. The van der Waals surface area contributed by atoms with Crippen molar-refractivity contribution in [3.63, 3.8) is 0 Å². The molecule has 1 aliphatic heterocycles. The van der Waals surface area contributed by atoms with Crippen molar-refractivity contribution < 1.29 is 23.2 Å². The number of benzene rings is 2. The van der Waals surface area contributed by atoms with E-state index in [9.17, 15) is 18.3 Å². The Labute approximate surface area is 176 Å². The number of hydrogen-bond acceptors (Lipinski definition) is 6. The van der Waals surface area contributed by atoms with Crippen LogP contribution < -0.4 is 5.32 Å². The number of hydrogen-bond donors (Lipinski definition) is 2. The number of amides is 1. The van der Waals surface area contributed by atoms with Gasteiger partial charge in [-0.3, -0.25) is 4.79 Å². The summed E-state index contributed by atoms with van der Waals surface area (Å²) in [5.41, 5.74) is 2.33. The molecule has 2 aromatic carbocycles. The third kappa shape index (κ3) is 4.86. The van der Waals surface area contributed by atoms with E-state index in [-0.39, 0.29) is 24.4 Å². The van der Waals surface area contributed by atoms with Crippen molar-refractivity contribution in [2.24, 2.45) is 5.16 Å². The summed E-state index contributed by atoms with van der Waals surface area (Å²) in [6.45, 7) is 1.53. The van der Waals surface area contributed by atoms with Crippen LogP contribution in [0, 0.1) is 0 Å². The number of carbonyl (C=O) groups excluding carboxylic acids is 1. The Hall–Kier alpha value is -2.75. The van der Waals surface area contributed by atoms with E-state index in [1.807, 2.05) is 30.3 Å². The van der Waals surface area contributed by atoms with Gasteiger partial charge in [-0.2, -0.15) is 4.31 Å². The maximum Gasteiger partial charge on any atom is 0.244 e. The number of sulfonamides is 1. The molecule has 1 unspecified atom stereocenters. The van der Waals surface area contributed by atoms with Crippen LogP contribution in [0.1, 0.15) is 13.3 Å². The molecular formula is C21H25N3O5S. The lowest BCUT2D eigenvalue weighted by molar-refractivity contribution is -0.124. The monoisotopic (exact) mass is 431 g/mol. The highest BCUT2D eigenvalue weighted by Gasteiger charge is 2.42. The number of nitrogens with one attached hydrogen (secondary N) is 1. The minimum atomic E-state index is -3.95. The van der Waals surface area contributed by atoms with Crippen LogP contribution in [0.2, 0.25) is 0 Å². The summed E-state index contributed by atoms with van der Waals surface area (Å²) in [6.07, 6.45) is -0.612. The molecule has 0 spiro atoms. The lowest BCUT2D eigenvalue weighted by Crippen LogP contribution is -2.47. The molecule has 2 atom stereocenters. The van der Waals surface area contributed by atoms with E-state index in [0.717, 1.165) is 15.4 Å². The quantitative estimate of drug-likeness (QED) is 0.648. The Morgan fingerprint density at radius 3 is 2.43 bits per heavy atom. The fourth-order valence-corrected chi connectivity index (χ4v) is 4.88. The average Bonchev–Trinajstić information content (AvgIpc) is 3.18. The lowest BCUT2D eigenvalue weighted by Gasteiger charge is -2.23. The van der Waals surface area contributed by atoms with Crippen LogP contribution in [-0.4, -0.2) is 61.8 Å². The normalized spacial score (nSPS) is 19.6. The molecule has 2 N–H and O–H groups in total. The van der Waals surface area contributed by atoms with Crippen LogP contribution in [0.4, 0.5) is 0 Å². The summed E-state index contributed by atoms with van der Waals surface area (Å²) in [4.78, 5) is 17.5. The van der Waals surface area contributed by atoms with Gasteiger partial charge in [-0.15, -0.1) is 0 Å². The number of carbonyl (C=O) groups is 1. The van der Waals surface area contributed by atoms with Crippen LogP contribution in [0.15, 0.2) is 64.6 Å². The standard InChI is InChI=1S/C21H25N3O5S/c1-15(25)13-22-21(26)20-12-18(23-29-2)14-24(20)30(27,28)19-10-8-17(9-11-19)16-6-4-3-5-7-16/h3-11,15,20,25H,12-14H2,1-2H3,(H,22,26)/b23-18-/t15?,20-/m0/s1. The molecular weight excluding hydrogens is 406 g/mol. The van der Waals surface area contributed by atoms with E-state index in [4.69, 9.17) is 4.84 Å². The molecule has 8 nitrogen and oxygen atoms in total. The zero-order chi connectivity index (χ0) is 21.7. The topological polar surface area (TPSA) is 108 Å². The third-order valence-corrected chi connectivity index (χ3v) is 6.65. The molecule has 30 heavy (non-hydrogen) atoms. The van der Waals surface area contributed by atoms with Gasteiger partial charge in [0.25, 0.3) is 0 Å². The molecule has 1 fully saturated rings. The van der Waals surface area contributed by atoms with Crippen molar-refractivity contribution in [2.75, 3.05) is 20.2 Å². The number of rotatable bonds is 7. The predicted octanol–water partition coefficient (Wildman–Crippen LogP) is 1.62. The molecule has 0 saturated carbocycles. The number of aliphatic hydroxyl groups is 1. The van der Waals surface area contributed by atoms with Gasteiger partial charge < -0.3 is 15.3 Å². The summed E-state index contributed by atoms with van der Waals surface area (Å²) in [7, 11) is -2.58. The molecule has 3 rings (SSSR count). The first-order chi connectivity index (χ1) is 14.3. The Bertz CT molecular complexity index is 1000. The van der Waals surface area contributed by atoms with Crippen LogP contribution in [0.3, 0.4) is 0 Å². The van der Waals surface area contributed by atoms with E-state index >= 15 is 0 Å². The fraction of sp³-hybridized carbons (Fsp3) is 0.333. The minimum Gasteiger partial charge on any atom is -0.399 e. The predicted molar refractivity (Wildman–Crippen MR) is 113 cm³/mol. The molecule has 1 aliphatic rings. The molecule has 0 bridgehead atoms. The fourth-order valence-electron chi connectivity index (χ4n) is 3.30. The van der Waals surface area contributed by atoms with Crippen LogP contribution in [-0.2, 0) is 19.7 Å². The maximum absolute atomic E-state index is 13.3. The first-order valence-corrected chi connectivity index (χ1v) is 11.0. The van der Waals surface area contributed by atoms with Crippen LogP contribution in [0.5, 0.6) is 0 Å². The highest BCUT2D eigenvalue weighted by molar-refractivity contribution is 7.89. The number of aliphatic hydroxyl groups excluding tert-OH is 1. The Balaban J connectivity index is 1.87. The van der Waals surface area contributed by atoms with Crippen molar-refractivity contribution in [1.29, 1.82) is 0 Å². The van der Waals surface area contributed by atoms with Crippen molar-refractivity contribution in [2.45, 2.75) is 30.4 Å². The molecule has 1 saturated heterocycles. The summed E-state index contributed by atoms with van der Waals surface area (Å²) in [5, 5.41) is 15.8. The van der Waals surface area contributed by atoms with Crippen LogP contribution in [0.25, 0.3) is 11.1 Å². The van der Waals surface area contributed by atoms with E-state index in [2.05, 4.69) is 10.5 Å². The van der Waals surface area contributed by atoms with Crippen molar-refractivity contribution >= 4 is 21.6 Å². The second-order valence-electron chi connectivity index (χ2n) is 7.09. The van der Waals surface area contributed by atoms with Crippen molar-refractivity contribution in [1.82, 2.24) is 9.62 Å². The summed E-state index contributed by atoms with van der Waals surface area (Å²) < 4.78 is 27.7. The SMILES string of the molecule is CO/N=C1/C[C@@H](C(=O)NCC(C)O)N(S(=O)(=O)c2ccc(-c3ccccc3)cc2)C1. The van der Waals surface area contributed by atoms with Gasteiger partial charge in [0.2, 0.25) is 15.9 Å². The van der Waals surface area contributed by atoms with Gasteiger partial charge in [-0.1, -0.05) is 47.6 Å². The van der Waals surface area contributed by atoms with E-state index in [0.29, 0.717) is 5.71 Å².